The molecule has 2 aromatic rings. The van der Waals surface area contributed by atoms with E-state index in [0.29, 0.717) is 49.2 Å². The lowest BCUT2D eigenvalue weighted by Crippen LogP contribution is -2.67. The molecule has 10 rings (SSSR count). The van der Waals surface area contributed by atoms with Crippen molar-refractivity contribution < 1.29 is 38.8 Å². The standard InChI is InChI=1S/C48H59NO8/c1-41(2)44(5)21-24-48(41,57-40(44)53)39(52)49(28-31-13-14-33(55-6)25-35(31)56-7)29-46(54)20-17-37-43(46,4)19-16-36-42(3)18-15-32(50)26-45(42)22-23-47(36,37)34(27-45)38(51)30-11-9-8-10-12-30/h8-14,22-23,25,27,32,36-37,50,54H,15-21,24,26,28-29H2,1-7H3/t32?,36-,37-,42-,43+,44+,45+,46-,47-,48-/m1/s1. The lowest BCUT2D eigenvalue weighted by Gasteiger charge is -2.71. The van der Waals surface area contributed by atoms with Crippen molar-refractivity contribution >= 4 is 17.7 Å². The van der Waals surface area contributed by atoms with Crippen LogP contribution in [0.2, 0.25) is 0 Å². The minimum absolute atomic E-state index is 0.0168. The number of ketones is 1. The van der Waals surface area contributed by atoms with Crippen LogP contribution in [0.15, 0.2) is 72.3 Å². The molecule has 2 spiro atoms. The third-order valence-electron chi connectivity index (χ3n) is 18.0. The second-order valence-electron chi connectivity index (χ2n) is 20.0. The molecule has 10 atom stereocenters. The molecule has 0 radical (unpaired) electrons. The van der Waals surface area contributed by atoms with E-state index in [2.05, 4.69) is 32.1 Å². The van der Waals surface area contributed by atoms with E-state index in [1.54, 1.807) is 25.2 Å². The first kappa shape index (κ1) is 38.6. The van der Waals surface area contributed by atoms with Gasteiger partial charge in [0.15, 0.2) is 11.4 Å². The number of rotatable bonds is 9. The minimum Gasteiger partial charge on any atom is -0.497 e. The van der Waals surface area contributed by atoms with E-state index in [1.165, 1.54) is 0 Å². The van der Waals surface area contributed by atoms with Crippen molar-refractivity contribution in [2.45, 2.75) is 116 Å². The molecular weight excluding hydrogens is 719 g/mol. The molecule has 9 heteroatoms. The van der Waals surface area contributed by atoms with Gasteiger partial charge in [0.25, 0.3) is 5.91 Å². The van der Waals surface area contributed by atoms with Crippen LogP contribution in [0.25, 0.3) is 0 Å². The minimum atomic E-state index is -1.37. The first-order valence-corrected chi connectivity index (χ1v) is 21.1. The molecule has 1 heterocycles. The maximum Gasteiger partial charge on any atom is 0.313 e. The molecule has 57 heavy (non-hydrogen) atoms. The summed E-state index contributed by atoms with van der Waals surface area (Å²) in [6, 6.07) is 15.1. The Morgan fingerprint density at radius 3 is 2.23 bits per heavy atom. The zero-order valence-electron chi connectivity index (χ0n) is 34.7. The molecule has 5 fully saturated rings. The van der Waals surface area contributed by atoms with Gasteiger partial charge in [-0.15, -0.1) is 0 Å². The smallest absolute Gasteiger partial charge is 0.313 e. The van der Waals surface area contributed by atoms with Crippen LogP contribution < -0.4 is 9.47 Å². The number of methoxy groups -OCH3 is 2. The van der Waals surface area contributed by atoms with Crippen LogP contribution in [-0.2, 0) is 20.9 Å². The van der Waals surface area contributed by atoms with E-state index in [-0.39, 0.29) is 48.0 Å². The maximum absolute atomic E-state index is 15.4. The summed E-state index contributed by atoms with van der Waals surface area (Å²) < 4.78 is 17.5. The zero-order valence-corrected chi connectivity index (χ0v) is 34.7. The highest BCUT2D eigenvalue weighted by molar-refractivity contribution is 6.10. The molecular formula is C48H59NO8. The highest BCUT2D eigenvalue weighted by atomic mass is 16.6. The average molecular weight is 778 g/mol. The van der Waals surface area contributed by atoms with Crippen molar-refractivity contribution in [2.75, 3.05) is 20.8 Å². The number of fused-ring (bicyclic) bond motifs is 3. The van der Waals surface area contributed by atoms with Gasteiger partial charge in [-0.2, -0.15) is 0 Å². The number of aliphatic hydroxyl groups excluding tert-OH is 1. The molecule has 304 valence electrons. The zero-order chi connectivity index (χ0) is 40.6. The van der Waals surface area contributed by atoms with E-state index in [9.17, 15) is 19.8 Å². The average Bonchev–Trinajstić information content (AvgIpc) is 3.65. The van der Waals surface area contributed by atoms with E-state index in [1.807, 2.05) is 63.2 Å². The fraction of sp³-hybridized carbons (Fsp3) is 0.604. The van der Waals surface area contributed by atoms with Crippen LogP contribution in [0.5, 0.6) is 11.5 Å². The third kappa shape index (κ3) is 4.67. The van der Waals surface area contributed by atoms with Gasteiger partial charge in [0.05, 0.1) is 37.9 Å². The van der Waals surface area contributed by atoms with Crippen LogP contribution in [0.1, 0.15) is 108 Å². The Balaban J connectivity index is 1.14. The van der Waals surface area contributed by atoms with Crippen LogP contribution in [0, 0.1) is 44.3 Å². The second kappa shape index (κ2) is 12.3. The Morgan fingerprint density at radius 1 is 0.860 bits per heavy atom. The molecule has 1 saturated heterocycles. The number of Topliss-reactive ketones (excluding diaryl/α,β-unsaturated/α-hetero) is 1. The van der Waals surface area contributed by atoms with Gasteiger partial charge < -0.3 is 29.3 Å². The monoisotopic (exact) mass is 777 g/mol. The van der Waals surface area contributed by atoms with Gasteiger partial charge in [-0.25, -0.2) is 0 Å². The predicted molar refractivity (Wildman–Crippen MR) is 214 cm³/mol. The molecule has 8 aliphatic rings. The lowest BCUT2D eigenvalue weighted by molar-refractivity contribution is -0.187. The van der Waals surface area contributed by atoms with Crippen molar-refractivity contribution in [3.63, 3.8) is 0 Å². The molecule has 2 N–H and O–H groups in total. The van der Waals surface area contributed by atoms with E-state index in [4.69, 9.17) is 14.2 Å². The van der Waals surface area contributed by atoms with Crippen LogP contribution >= 0.6 is 0 Å². The number of benzene rings is 2. The lowest BCUT2D eigenvalue weighted by atomic mass is 9.32. The van der Waals surface area contributed by atoms with Gasteiger partial charge in [-0.3, -0.25) is 14.4 Å². The first-order valence-electron chi connectivity index (χ1n) is 21.1. The van der Waals surface area contributed by atoms with Gasteiger partial charge in [0.2, 0.25) is 0 Å². The number of nitrogens with zero attached hydrogens (tertiary/aromatic N) is 1. The van der Waals surface area contributed by atoms with E-state index >= 15 is 4.79 Å². The van der Waals surface area contributed by atoms with Gasteiger partial charge >= 0.3 is 5.97 Å². The topological polar surface area (TPSA) is 123 Å². The first-order chi connectivity index (χ1) is 26.9. The number of esters is 1. The Hall–Kier alpha value is -3.95. The summed E-state index contributed by atoms with van der Waals surface area (Å²) in [5.74, 6) is 0.615. The predicted octanol–water partition coefficient (Wildman–Crippen LogP) is 7.63. The number of allylic oxidation sites excluding steroid dienone is 4. The van der Waals surface area contributed by atoms with Gasteiger partial charge in [-0.05, 0) is 94.1 Å². The molecule has 7 aliphatic carbocycles. The number of amides is 1. The number of carbonyl (C=O) groups excluding carboxylic acids is 3. The Kier molecular flexibility index (Phi) is 8.32. The van der Waals surface area contributed by atoms with Gasteiger partial charge in [-0.1, -0.05) is 76.3 Å². The van der Waals surface area contributed by atoms with Gasteiger partial charge in [0.1, 0.15) is 11.5 Å². The molecule has 9 nitrogen and oxygen atoms in total. The summed E-state index contributed by atoms with van der Waals surface area (Å²) in [6.45, 7) is 10.6. The molecule has 1 unspecified atom stereocenters. The van der Waals surface area contributed by atoms with E-state index in [0.717, 1.165) is 36.8 Å². The van der Waals surface area contributed by atoms with E-state index < -0.39 is 44.4 Å². The van der Waals surface area contributed by atoms with Gasteiger partial charge in [0, 0.05) is 51.0 Å². The second-order valence-corrected chi connectivity index (χ2v) is 20.0. The van der Waals surface area contributed by atoms with Crippen LogP contribution in [0.4, 0.5) is 0 Å². The number of hydrogen-bond acceptors (Lipinski definition) is 8. The molecule has 4 saturated carbocycles. The van der Waals surface area contributed by atoms with Crippen molar-refractivity contribution in [2.24, 2.45) is 44.3 Å². The van der Waals surface area contributed by atoms with Crippen molar-refractivity contribution in [3.05, 3.63) is 83.5 Å². The van der Waals surface area contributed by atoms with Crippen LogP contribution in [0.3, 0.4) is 0 Å². The summed E-state index contributed by atoms with van der Waals surface area (Å²) in [5, 5.41) is 24.6. The van der Waals surface area contributed by atoms with Crippen LogP contribution in [-0.4, -0.2) is 70.8 Å². The maximum atomic E-state index is 15.4. The normalized spacial score (nSPS) is 41.7. The summed E-state index contributed by atoms with van der Waals surface area (Å²) in [4.78, 5) is 45.6. The largest absolute Gasteiger partial charge is 0.497 e. The summed E-state index contributed by atoms with van der Waals surface area (Å²) in [6.07, 6.45) is 12.3. The van der Waals surface area contributed by atoms with Crippen molar-refractivity contribution in [1.82, 2.24) is 4.90 Å². The Bertz CT molecular complexity index is 2110. The highest BCUT2D eigenvalue weighted by Gasteiger charge is 2.78. The quantitative estimate of drug-likeness (QED) is 0.152. The molecule has 4 bridgehead atoms. The Morgan fingerprint density at radius 2 is 1.56 bits per heavy atom. The summed E-state index contributed by atoms with van der Waals surface area (Å²) in [5.41, 5.74) is -3.99. The number of aliphatic hydroxyl groups is 2. The summed E-state index contributed by atoms with van der Waals surface area (Å²) >= 11 is 0. The van der Waals surface area contributed by atoms with Crippen molar-refractivity contribution in [1.29, 1.82) is 0 Å². The third-order valence-corrected chi connectivity index (χ3v) is 18.0. The SMILES string of the molecule is COc1ccc(CN(C[C@]2(O)CC[C@H]3[C@]45C=C[C@@]6(C=C4C(=O)c4ccccc4)CC(O)CC[C@]6(C)[C@H]5CC[C@@]32C)C(=O)[C@@]23CC[C@@](C)(C(=O)O2)C3(C)C)c(OC)c1. The molecule has 0 aromatic heterocycles. The number of ether oxygens (including phenoxy) is 3. The molecule has 1 aliphatic heterocycles. The fourth-order valence-corrected chi connectivity index (χ4v) is 14.0. The highest BCUT2D eigenvalue weighted by Crippen LogP contribution is 2.78. The fourth-order valence-electron chi connectivity index (χ4n) is 14.0. The Labute approximate surface area is 336 Å². The molecule has 2 aromatic carbocycles. The number of hydrogen-bond donors (Lipinski definition) is 2. The molecule has 1 amide bonds. The number of carbonyl (C=O) groups is 3. The van der Waals surface area contributed by atoms with Crippen molar-refractivity contribution in [3.8, 4) is 11.5 Å². The summed E-state index contributed by atoms with van der Waals surface area (Å²) in [7, 11) is 3.19.